The maximum atomic E-state index is 5.97. The van der Waals surface area contributed by atoms with E-state index in [1.807, 2.05) is 6.20 Å². The first-order chi connectivity index (χ1) is 7.31. The van der Waals surface area contributed by atoms with E-state index in [0.717, 1.165) is 12.4 Å². The monoisotopic (exact) mass is 206 g/mol. The lowest BCUT2D eigenvalue weighted by atomic mass is 10.2. The number of rotatable bonds is 4. The van der Waals surface area contributed by atoms with Crippen molar-refractivity contribution in [1.82, 2.24) is 24.7 Å². The summed E-state index contributed by atoms with van der Waals surface area (Å²) >= 11 is 0. The van der Waals surface area contributed by atoms with Crippen molar-refractivity contribution in [3.8, 4) is 0 Å². The molecule has 0 aromatic carbocycles. The van der Waals surface area contributed by atoms with Crippen molar-refractivity contribution in [2.45, 2.75) is 25.9 Å². The molecule has 15 heavy (non-hydrogen) atoms. The molecule has 1 atom stereocenters. The Morgan fingerprint density at radius 3 is 3.07 bits per heavy atom. The van der Waals surface area contributed by atoms with Crippen LogP contribution in [0.3, 0.4) is 0 Å². The molecule has 0 aliphatic heterocycles. The van der Waals surface area contributed by atoms with Gasteiger partial charge in [-0.05, 0) is 6.92 Å². The van der Waals surface area contributed by atoms with Crippen LogP contribution in [0.5, 0.6) is 0 Å². The maximum absolute atomic E-state index is 5.97. The van der Waals surface area contributed by atoms with Crippen LogP contribution in [0.2, 0.25) is 0 Å². The highest BCUT2D eigenvalue weighted by Crippen LogP contribution is 2.10. The fraction of sp³-hybridized carbons (Fsp3) is 0.444. The van der Waals surface area contributed by atoms with Crippen molar-refractivity contribution >= 4 is 0 Å². The Morgan fingerprint density at radius 2 is 2.40 bits per heavy atom. The van der Waals surface area contributed by atoms with E-state index in [4.69, 9.17) is 5.73 Å². The Balaban J connectivity index is 2.09. The van der Waals surface area contributed by atoms with Gasteiger partial charge in [0.1, 0.15) is 18.0 Å². The number of imidazole rings is 1. The van der Waals surface area contributed by atoms with Gasteiger partial charge in [-0.2, -0.15) is 5.10 Å². The summed E-state index contributed by atoms with van der Waals surface area (Å²) in [5.74, 6) is 1.67. The maximum Gasteiger partial charge on any atom is 0.141 e. The first-order valence-electron chi connectivity index (χ1n) is 4.92. The molecule has 0 bridgehead atoms. The molecule has 3 N–H and O–H groups in total. The van der Waals surface area contributed by atoms with Crippen molar-refractivity contribution in [3.05, 3.63) is 30.4 Å². The molecule has 2 aromatic rings. The third-order valence-electron chi connectivity index (χ3n) is 2.33. The van der Waals surface area contributed by atoms with Crippen LogP contribution in [0.25, 0.3) is 0 Å². The molecule has 0 fully saturated rings. The Morgan fingerprint density at radius 1 is 1.53 bits per heavy atom. The van der Waals surface area contributed by atoms with E-state index in [2.05, 4.69) is 31.7 Å². The predicted octanol–water partition coefficient (Wildman–Crippen LogP) is 0.264. The second-order valence-electron chi connectivity index (χ2n) is 3.31. The van der Waals surface area contributed by atoms with Gasteiger partial charge in [0.15, 0.2) is 0 Å². The van der Waals surface area contributed by atoms with Crippen LogP contribution < -0.4 is 5.73 Å². The quantitative estimate of drug-likeness (QED) is 0.751. The molecule has 2 rings (SSSR count). The van der Waals surface area contributed by atoms with Gasteiger partial charge in [0, 0.05) is 25.4 Å². The second kappa shape index (κ2) is 4.22. The zero-order valence-electron chi connectivity index (χ0n) is 8.59. The highest BCUT2D eigenvalue weighted by atomic mass is 15.2. The van der Waals surface area contributed by atoms with Crippen LogP contribution >= 0.6 is 0 Å². The summed E-state index contributed by atoms with van der Waals surface area (Å²) in [4.78, 5) is 8.28. The number of hydrogen-bond acceptors (Lipinski definition) is 4. The summed E-state index contributed by atoms with van der Waals surface area (Å²) in [6.45, 7) is 2.98. The summed E-state index contributed by atoms with van der Waals surface area (Å²) in [6, 6.07) is -0.180. The Kier molecular flexibility index (Phi) is 2.77. The summed E-state index contributed by atoms with van der Waals surface area (Å²) < 4.78 is 2.07. The van der Waals surface area contributed by atoms with E-state index < -0.39 is 0 Å². The van der Waals surface area contributed by atoms with Crippen molar-refractivity contribution in [3.63, 3.8) is 0 Å². The standard InChI is InChI=1S/C9H14N6/c1-2-15-4-3-11-8(15)5-7(10)9-12-6-13-14-9/h3-4,6-7H,2,5,10H2,1H3,(H,12,13,14). The minimum Gasteiger partial charge on any atom is -0.335 e. The van der Waals surface area contributed by atoms with Gasteiger partial charge in [0.2, 0.25) is 0 Å². The lowest BCUT2D eigenvalue weighted by molar-refractivity contribution is 0.605. The summed E-state index contributed by atoms with van der Waals surface area (Å²) in [6.07, 6.45) is 5.85. The molecule has 0 amide bonds. The normalized spacial score (nSPS) is 12.9. The van der Waals surface area contributed by atoms with Crippen LogP contribution in [0.15, 0.2) is 18.7 Å². The second-order valence-corrected chi connectivity index (χ2v) is 3.31. The Labute approximate surface area is 87.5 Å². The minimum absolute atomic E-state index is 0.180. The van der Waals surface area contributed by atoms with Crippen molar-refractivity contribution in [1.29, 1.82) is 0 Å². The molecular formula is C9H14N6. The highest BCUT2D eigenvalue weighted by Gasteiger charge is 2.12. The molecular weight excluding hydrogens is 192 g/mol. The van der Waals surface area contributed by atoms with Crippen molar-refractivity contribution < 1.29 is 0 Å². The molecule has 0 aliphatic carbocycles. The number of nitrogens with two attached hydrogens (primary N) is 1. The summed E-state index contributed by atoms with van der Waals surface area (Å²) in [5.41, 5.74) is 5.97. The molecule has 0 aliphatic rings. The molecule has 2 aromatic heterocycles. The predicted molar refractivity (Wildman–Crippen MR) is 54.9 cm³/mol. The molecule has 0 radical (unpaired) electrons. The number of aromatic amines is 1. The molecule has 0 saturated heterocycles. The zero-order chi connectivity index (χ0) is 10.7. The first kappa shape index (κ1) is 9.85. The van der Waals surface area contributed by atoms with E-state index in [0.29, 0.717) is 12.2 Å². The van der Waals surface area contributed by atoms with Crippen LogP contribution in [0.1, 0.15) is 24.6 Å². The minimum atomic E-state index is -0.180. The smallest absolute Gasteiger partial charge is 0.141 e. The van der Waals surface area contributed by atoms with Crippen LogP contribution in [0, 0.1) is 0 Å². The van der Waals surface area contributed by atoms with Gasteiger partial charge in [-0.15, -0.1) is 0 Å². The molecule has 80 valence electrons. The SMILES string of the molecule is CCn1ccnc1CC(N)c1ncn[nH]1. The summed E-state index contributed by atoms with van der Waals surface area (Å²) in [5, 5.41) is 6.54. The largest absolute Gasteiger partial charge is 0.335 e. The third-order valence-corrected chi connectivity index (χ3v) is 2.33. The number of nitrogens with zero attached hydrogens (tertiary/aromatic N) is 4. The van der Waals surface area contributed by atoms with Crippen molar-refractivity contribution in [2.24, 2.45) is 5.73 Å². The highest BCUT2D eigenvalue weighted by molar-refractivity contribution is 5.00. The van der Waals surface area contributed by atoms with E-state index >= 15 is 0 Å². The lowest BCUT2D eigenvalue weighted by Gasteiger charge is -2.09. The Hall–Kier alpha value is -1.69. The van der Waals surface area contributed by atoms with Crippen molar-refractivity contribution in [2.75, 3.05) is 0 Å². The van der Waals surface area contributed by atoms with Gasteiger partial charge in [0.05, 0.1) is 6.04 Å². The molecule has 0 spiro atoms. The zero-order valence-corrected chi connectivity index (χ0v) is 8.59. The van der Waals surface area contributed by atoms with Crippen LogP contribution in [0.4, 0.5) is 0 Å². The van der Waals surface area contributed by atoms with E-state index in [-0.39, 0.29) is 6.04 Å². The lowest BCUT2D eigenvalue weighted by Crippen LogP contribution is -2.17. The Bertz CT molecular complexity index is 404. The van der Waals surface area contributed by atoms with Crippen LogP contribution in [-0.2, 0) is 13.0 Å². The fourth-order valence-corrected chi connectivity index (χ4v) is 1.50. The van der Waals surface area contributed by atoms with Gasteiger partial charge in [-0.25, -0.2) is 9.97 Å². The summed E-state index contributed by atoms with van der Waals surface area (Å²) in [7, 11) is 0. The van der Waals surface area contributed by atoms with Gasteiger partial charge < -0.3 is 10.3 Å². The van der Waals surface area contributed by atoms with E-state index in [9.17, 15) is 0 Å². The molecule has 6 nitrogen and oxygen atoms in total. The van der Waals surface area contributed by atoms with Gasteiger partial charge >= 0.3 is 0 Å². The topological polar surface area (TPSA) is 85.4 Å². The number of H-pyrrole nitrogens is 1. The first-order valence-corrected chi connectivity index (χ1v) is 4.92. The van der Waals surface area contributed by atoms with Gasteiger partial charge in [-0.3, -0.25) is 5.10 Å². The fourth-order valence-electron chi connectivity index (χ4n) is 1.50. The van der Waals surface area contributed by atoms with Crippen LogP contribution in [-0.4, -0.2) is 24.7 Å². The average molecular weight is 206 g/mol. The average Bonchev–Trinajstić information content (AvgIpc) is 2.87. The molecule has 1 unspecified atom stereocenters. The molecule has 0 saturated carbocycles. The van der Waals surface area contributed by atoms with Gasteiger partial charge in [-0.1, -0.05) is 0 Å². The van der Waals surface area contributed by atoms with Gasteiger partial charge in [0.25, 0.3) is 0 Å². The number of hydrogen-bond donors (Lipinski definition) is 2. The van der Waals surface area contributed by atoms with E-state index in [1.165, 1.54) is 6.33 Å². The third kappa shape index (κ3) is 2.04. The molecule has 2 heterocycles. The number of nitrogens with one attached hydrogen (secondary N) is 1. The molecule has 6 heteroatoms. The number of aryl methyl sites for hydroxylation is 1. The number of aromatic nitrogens is 5. The van der Waals surface area contributed by atoms with E-state index in [1.54, 1.807) is 6.20 Å².